The summed E-state index contributed by atoms with van der Waals surface area (Å²) in [5.74, 6) is 1.21. The van der Waals surface area contributed by atoms with Crippen LogP contribution in [-0.2, 0) is 0 Å². The third-order valence-corrected chi connectivity index (χ3v) is 2.51. The van der Waals surface area contributed by atoms with Crippen molar-refractivity contribution in [2.45, 2.75) is 25.8 Å². The summed E-state index contributed by atoms with van der Waals surface area (Å²) in [6, 6.07) is 0.950. The van der Waals surface area contributed by atoms with Gasteiger partial charge in [-0.25, -0.2) is 0 Å². The lowest BCUT2D eigenvalue weighted by molar-refractivity contribution is 0.312. The third-order valence-electron chi connectivity index (χ3n) is 2.51. The van der Waals surface area contributed by atoms with Gasteiger partial charge in [0.05, 0.1) is 6.61 Å². The summed E-state index contributed by atoms with van der Waals surface area (Å²) < 4.78 is 5.31. The summed E-state index contributed by atoms with van der Waals surface area (Å²) in [5.41, 5.74) is 0. The maximum absolute atomic E-state index is 5.31. The maximum atomic E-state index is 5.31. The van der Waals surface area contributed by atoms with E-state index in [-0.39, 0.29) is 0 Å². The maximum Gasteiger partial charge on any atom is 0.323 e. The van der Waals surface area contributed by atoms with Gasteiger partial charge < -0.3 is 15.0 Å². The summed E-state index contributed by atoms with van der Waals surface area (Å²) >= 11 is 0. The van der Waals surface area contributed by atoms with Gasteiger partial charge in [0, 0.05) is 20.1 Å². The molecule has 1 saturated carbocycles. The van der Waals surface area contributed by atoms with E-state index in [1.165, 1.54) is 12.8 Å². The quantitative estimate of drug-likeness (QED) is 0.800. The van der Waals surface area contributed by atoms with Crippen molar-refractivity contribution in [3.8, 4) is 6.01 Å². The molecule has 1 N–H and O–H groups in total. The number of ether oxygens (including phenoxy) is 1. The minimum atomic E-state index is 0.379. The predicted molar refractivity (Wildman–Crippen MR) is 62.0 cm³/mol. The van der Waals surface area contributed by atoms with Gasteiger partial charge in [0.15, 0.2) is 0 Å². The third kappa shape index (κ3) is 2.32. The summed E-state index contributed by atoms with van der Waals surface area (Å²) in [6.07, 6.45) is 2.42. The van der Waals surface area contributed by atoms with Gasteiger partial charge in [-0.2, -0.15) is 15.0 Å². The second kappa shape index (κ2) is 4.51. The van der Waals surface area contributed by atoms with Crippen LogP contribution in [0, 0.1) is 0 Å². The van der Waals surface area contributed by atoms with Crippen LogP contribution in [0.5, 0.6) is 6.01 Å². The Hall–Kier alpha value is -1.59. The van der Waals surface area contributed by atoms with E-state index in [0.29, 0.717) is 30.6 Å². The van der Waals surface area contributed by atoms with E-state index in [2.05, 4.69) is 25.2 Å². The van der Waals surface area contributed by atoms with Crippen molar-refractivity contribution in [1.82, 2.24) is 15.0 Å². The van der Waals surface area contributed by atoms with E-state index < -0.39 is 0 Å². The molecule has 1 heterocycles. The Labute approximate surface area is 95.1 Å². The van der Waals surface area contributed by atoms with Gasteiger partial charge in [0.1, 0.15) is 0 Å². The molecule has 0 unspecified atom stereocenters. The van der Waals surface area contributed by atoms with Crippen LogP contribution in [0.4, 0.5) is 11.9 Å². The number of nitrogens with zero attached hydrogens (tertiary/aromatic N) is 4. The van der Waals surface area contributed by atoms with E-state index in [4.69, 9.17) is 4.74 Å². The zero-order valence-corrected chi connectivity index (χ0v) is 9.90. The summed E-state index contributed by atoms with van der Waals surface area (Å²) in [4.78, 5) is 14.8. The number of hydrogen-bond acceptors (Lipinski definition) is 6. The van der Waals surface area contributed by atoms with Gasteiger partial charge >= 0.3 is 6.01 Å². The van der Waals surface area contributed by atoms with Gasteiger partial charge in [-0.3, -0.25) is 0 Å². The van der Waals surface area contributed by atoms with E-state index in [1.54, 1.807) is 7.05 Å². The van der Waals surface area contributed by atoms with Crippen LogP contribution in [0.25, 0.3) is 0 Å². The van der Waals surface area contributed by atoms with Gasteiger partial charge in [-0.05, 0) is 19.8 Å². The summed E-state index contributed by atoms with van der Waals surface area (Å²) in [5, 5.41) is 2.91. The molecule has 2 rings (SSSR count). The molecule has 6 nitrogen and oxygen atoms in total. The second-order valence-electron chi connectivity index (χ2n) is 3.77. The van der Waals surface area contributed by atoms with Crippen LogP contribution in [0.3, 0.4) is 0 Å². The molecule has 16 heavy (non-hydrogen) atoms. The Balaban J connectivity index is 2.24. The van der Waals surface area contributed by atoms with Crippen molar-refractivity contribution in [3.05, 3.63) is 0 Å². The topological polar surface area (TPSA) is 63.2 Å². The molecule has 1 aromatic rings. The Bertz CT molecular complexity index is 366. The first-order valence-electron chi connectivity index (χ1n) is 5.54. The van der Waals surface area contributed by atoms with Gasteiger partial charge in [-0.1, -0.05) is 0 Å². The standard InChI is InChI=1S/C10H17N5O/c1-4-16-10-13-8(11-2)12-9(14-10)15(3)7-5-6-7/h7H,4-6H2,1-3H3,(H,11,12,13,14). The van der Waals surface area contributed by atoms with Crippen molar-refractivity contribution >= 4 is 11.9 Å². The molecule has 0 radical (unpaired) electrons. The molecular weight excluding hydrogens is 206 g/mol. The van der Waals surface area contributed by atoms with Crippen molar-refractivity contribution < 1.29 is 4.74 Å². The number of nitrogens with one attached hydrogen (secondary N) is 1. The average molecular weight is 223 g/mol. The Morgan fingerprint density at radius 3 is 2.69 bits per heavy atom. The van der Waals surface area contributed by atoms with Crippen LogP contribution in [-0.4, -0.2) is 41.7 Å². The lowest BCUT2D eigenvalue weighted by atomic mass is 10.6. The fourth-order valence-electron chi connectivity index (χ4n) is 1.43. The molecule has 88 valence electrons. The molecular formula is C10H17N5O. The van der Waals surface area contributed by atoms with E-state index in [0.717, 1.165) is 0 Å². The molecule has 0 amide bonds. The Morgan fingerprint density at radius 2 is 2.12 bits per heavy atom. The monoisotopic (exact) mass is 223 g/mol. The minimum Gasteiger partial charge on any atom is -0.464 e. The van der Waals surface area contributed by atoms with Gasteiger partial charge in [-0.15, -0.1) is 0 Å². The fraction of sp³-hybridized carbons (Fsp3) is 0.700. The normalized spacial score (nSPS) is 14.7. The SMILES string of the molecule is CCOc1nc(NC)nc(N(C)C2CC2)n1. The highest BCUT2D eigenvalue weighted by molar-refractivity contribution is 5.39. The number of hydrogen-bond donors (Lipinski definition) is 1. The molecule has 0 saturated heterocycles. The molecule has 0 atom stereocenters. The van der Waals surface area contributed by atoms with Crippen LogP contribution in [0.15, 0.2) is 0 Å². The van der Waals surface area contributed by atoms with E-state index in [1.807, 2.05) is 14.0 Å². The van der Waals surface area contributed by atoms with Crippen LogP contribution in [0.2, 0.25) is 0 Å². The van der Waals surface area contributed by atoms with Gasteiger partial charge in [0.2, 0.25) is 11.9 Å². The fourth-order valence-corrected chi connectivity index (χ4v) is 1.43. The van der Waals surface area contributed by atoms with Crippen LogP contribution < -0.4 is 15.0 Å². The van der Waals surface area contributed by atoms with E-state index in [9.17, 15) is 0 Å². The molecule has 0 aromatic carbocycles. The van der Waals surface area contributed by atoms with Crippen molar-refractivity contribution in [2.75, 3.05) is 30.9 Å². The van der Waals surface area contributed by atoms with Crippen LogP contribution in [0.1, 0.15) is 19.8 Å². The molecule has 1 aliphatic carbocycles. The number of aromatic nitrogens is 3. The first-order valence-corrected chi connectivity index (χ1v) is 5.54. The summed E-state index contributed by atoms with van der Waals surface area (Å²) in [6.45, 7) is 2.47. The molecule has 0 aliphatic heterocycles. The molecule has 1 fully saturated rings. The highest BCUT2D eigenvalue weighted by atomic mass is 16.5. The first kappa shape index (κ1) is 10.9. The first-order chi connectivity index (χ1) is 7.74. The van der Waals surface area contributed by atoms with Crippen molar-refractivity contribution in [1.29, 1.82) is 0 Å². The largest absolute Gasteiger partial charge is 0.464 e. The zero-order valence-electron chi connectivity index (χ0n) is 9.90. The Morgan fingerprint density at radius 1 is 1.38 bits per heavy atom. The smallest absolute Gasteiger partial charge is 0.323 e. The van der Waals surface area contributed by atoms with Gasteiger partial charge in [0.25, 0.3) is 0 Å². The van der Waals surface area contributed by atoms with Crippen molar-refractivity contribution in [3.63, 3.8) is 0 Å². The second-order valence-corrected chi connectivity index (χ2v) is 3.77. The van der Waals surface area contributed by atoms with Crippen molar-refractivity contribution in [2.24, 2.45) is 0 Å². The number of anilines is 2. The number of rotatable bonds is 5. The zero-order chi connectivity index (χ0) is 11.5. The van der Waals surface area contributed by atoms with E-state index >= 15 is 0 Å². The molecule has 1 aliphatic rings. The highest BCUT2D eigenvalue weighted by Gasteiger charge is 2.28. The minimum absolute atomic E-state index is 0.379. The predicted octanol–water partition coefficient (Wildman–Crippen LogP) is 0.911. The lowest BCUT2D eigenvalue weighted by Gasteiger charge is -2.16. The lowest BCUT2D eigenvalue weighted by Crippen LogP contribution is -2.23. The highest BCUT2D eigenvalue weighted by Crippen LogP contribution is 2.28. The molecule has 1 aromatic heterocycles. The molecule has 0 bridgehead atoms. The molecule has 6 heteroatoms. The summed E-state index contributed by atoms with van der Waals surface area (Å²) in [7, 11) is 3.79. The van der Waals surface area contributed by atoms with Crippen LogP contribution >= 0.6 is 0 Å². The molecule has 0 spiro atoms. The average Bonchev–Trinajstić information content (AvgIpc) is 3.12. The Kier molecular flexibility index (Phi) is 3.07.